The number of carbonyl (C=O) groups is 1. The molecule has 30 heavy (non-hydrogen) atoms. The number of sulfone groups is 1. The quantitative estimate of drug-likeness (QED) is 0.505. The van der Waals surface area contributed by atoms with Gasteiger partial charge in [-0.2, -0.15) is 0 Å². The molecular weight excluding hydrogens is 422 g/mol. The van der Waals surface area contributed by atoms with Crippen LogP contribution in [0.1, 0.15) is 41.3 Å². The second-order valence-corrected chi connectivity index (χ2v) is 9.59. The third-order valence-corrected chi connectivity index (χ3v) is 6.83. The highest BCUT2D eigenvalue weighted by Gasteiger charge is 2.30. The fourth-order valence-electron chi connectivity index (χ4n) is 3.25. The number of hydrogen-bond acceptors (Lipinski definition) is 4. The van der Waals surface area contributed by atoms with Crippen LogP contribution >= 0.6 is 11.6 Å². The summed E-state index contributed by atoms with van der Waals surface area (Å²) < 4.78 is 26.8. The van der Waals surface area contributed by atoms with E-state index in [0.29, 0.717) is 27.4 Å². The number of aromatic hydroxyl groups is 1. The monoisotopic (exact) mass is 443 g/mol. The zero-order valence-electron chi connectivity index (χ0n) is 16.8. The van der Waals surface area contributed by atoms with Crippen LogP contribution in [-0.4, -0.2) is 19.4 Å². The van der Waals surface area contributed by atoms with Gasteiger partial charge >= 0.3 is 0 Å². The topological polar surface area (TPSA) is 83.5 Å². The number of phenolic OH excluding ortho intramolecular Hbond substituents is 1. The molecule has 0 fully saturated rings. The third-order valence-electron chi connectivity index (χ3n) is 4.74. The molecule has 0 atom stereocenters. The number of amides is 1. The molecule has 0 spiro atoms. The first-order chi connectivity index (χ1) is 14.1. The summed E-state index contributed by atoms with van der Waals surface area (Å²) in [4.78, 5) is 12.6. The van der Waals surface area contributed by atoms with E-state index in [1.165, 1.54) is 12.1 Å². The van der Waals surface area contributed by atoms with E-state index in [-0.39, 0.29) is 21.5 Å². The molecular formula is C23H22ClNO4S. The minimum Gasteiger partial charge on any atom is -0.506 e. The molecule has 0 aliphatic heterocycles. The highest BCUT2D eigenvalue weighted by atomic mass is 35.5. The third kappa shape index (κ3) is 4.20. The van der Waals surface area contributed by atoms with Crippen LogP contribution in [0.5, 0.6) is 5.75 Å². The van der Waals surface area contributed by atoms with Gasteiger partial charge in [-0.15, -0.1) is 0 Å². The van der Waals surface area contributed by atoms with Crippen molar-refractivity contribution in [3.63, 3.8) is 0 Å². The van der Waals surface area contributed by atoms with Crippen LogP contribution in [0.25, 0.3) is 0 Å². The molecule has 0 bridgehead atoms. The summed E-state index contributed by atoms with van der Waals surface area (Å²) in [6.07, 6.45) is 0. The number of aryl methyl sites for hydroxylation is 1. The van der Waals surface area contributed by atoms with E-state index in [0.717, 1.165) is 0 Å². The Labute approximate surface area is 181 Å². The molecule has 7 heteroatoms. The smallest absolute Gasteiger partial charge is 0.255 e. The Morgan fingerprint density at radius 2 is 1.63 bits per heavy atom. The number of phenols is 1. The first kappa shape index (κ1) is 21.9. The summed E-state index contributed by atoms with van der Waals surface area (Å²) in [6.45, 7) is 5.22. The lowest BCUT2D eigenvalue weighted by molar-refractivity contribution is 0.102. The normalized spacial score (nSPS) is 11.5. The largest absolute Gasteiger partial charge is 0.506 e. The van der Waals surface area contributed by atoms with E-state index in [4.69, 9.17) is 11.6 Å². The molecule has 0 unspecified atom stereocenters. The number of nitrogens with one attached hydrogen (secondary N) is 1. The number of rotatable bonds is 5. The number of benzene rings is 3. The predicted molar refractivity (Wildman–Crippen MR) is 118 cm³/mol. The predicted octanol–water partition coefficient (Wildman–Crippen LogP) is 5.56. The van der Waals surface area contributed by atoms with Gasteiger partial charge in [0, 0.05) is 21.8 Å². The van der Waals surface area contributed by atoms with Crippen LogP contribution in [0.3, 0.4) is 0 Å². The molecule has 0 heterocycles. The van der Waals surface area contributed by atoms with Crippen molar-refractivity contribution in [3.05, 3.63) is 82.4 Å². The van der Waals surface area contributed by atoms with Crippen molar-refractivity contribution in [3.8, 4) is 5.75 Å². The Hall–Kier alpha value is -2.83. The average molecular weight is 444 g/mol. The summed E-state index contributed by atoms with van der Waals surface area (Å²) in [6, 6.07) is 15.9. The van der Waals surface area contributed by atoms with Crippen LogP contribution in [0.4, 0.5) is 5.69 Å². The molecule has 3 aromatic carbocycles. The van der Waals surface area contributed by atoms with Crippen molar-refractivity contribution in [2.75, 3.05) is 5.32 Å². The van der Waals surface area contributed by atoms with Gasteiger partial charge in [0.25, 0.3) is 5.91 Å². The Morgan fingerprint density at radius 1 is 1.03 bits per heavy atom. The van der Waals surface area contributed by atoms with Crippen molar-refractivity contribution in [2.24, 2.45) is 0 Å². The summed E-state index contributed by atoms with van der Waals surface area (Å²) in [7, 11) is -4.02. The number of carbonyl (C=O) groups excluding carboxylic acids is 1. The molecule has 0 aliphatic rings. The Bertz CT molecular complexity index is 1190. The van der Waals surface area contributed by atoms with Crippen LogP contribution in [-0.2, 0) is 9.84 Å². The van der Waals surface area contributed by atoms with Crippen LogP contribution < -0.4 is 5.32 Å². The average Bonchev–Trinajstić information content (AvgIpc) is 2.71. The van der Waals surface area contributed by atoms with Gasteiger partial charge in [0.05, 0.1) is 4.90 Å². The van der Waals surface area contributed by atoms with Gasteiger partial charge in [-0.05, 0) is 60.9 Å². The Balaban J connectivity index is 2.18. The zero-order chi connectivity index (χ0) is 22.1. The second-order valence-electron chi connectivity index (χ2n) is 7.26. The molecule has 0 aromatic heterocycles. The standard InChI is InChI=1S/C23H22ClNO4S/c1-14(2)20-19(25-23(27)16-9-11-17(24)12-10-16)13-15(3)21(26)22(20)30(28,29)18-7-5-4-6-8-18/h4-14,26H,1-3H3,(H,25,27). The molecule has 0 aliphatic carbocycles. The Kier molecular flexibility index (Phi) is 6.19. The van der Waals surface area contributed by atoms with Crippen molar-refractivity contribution in [2.45, 2.75) is 36.5 Å². The van der Waals surface area contributed by atoms with E-state index < -0.39 is 15.7 Å². The van der Waals surface area contributed by atoms with Gasteiger partial charge in [0.1, 0.15) is 10.6 Å². The van der Waals surface area contributed by atoms with E-state index in [1.54, 1.807) is 55.5 Å². The number of halogens is 1. The molecule has 0 saturated carbocycles. The number of hydrogen-bond donors (Lipinski definition) is 2. The van der Waals surface area contributed by atoms with Crippen molar-refractivity contribution in [1.82, 2.24) is 0 Å². The minimum absolute atomic E-state index is 0.0720. The molecule has 5 nitrogen and oxygen atoms in total. The molecule has 1 amide bonds. The van der Waals surface area contributed by atoms with Crippen LogP contribution in [0.15, 0.2) is 70.5 Å². The minimum atomic E-state index is -4.02. The zero-order valence-corrected chi connectivity index (χ0v) is 18.4. The maximum atomic E-state index is 13.4. The summed E-state index contributed by atoms with van der Waals surface area (Å²) >= 11 is 5.88. The van der Waals surface area contributed by atoms with E-state index in [9.17, 15) is 18.3 Å². The number of anilines is 1. The van der Waals surface area contributed by atoms with E-state index in [1.807, 2.05) is 13.8 Å². The maximum Gasteiger partial charge on any atom is 0.255 e. The van der Waals surface area contributed by atoms with Crippen molar-refractivity contribution < 1.29 is 18.3 Å². The van der Waals surface area contributed by atoms with E-state index >= 15 is 0 Å². The van der Waals surface area contributed by atoms with Gasteiger partial charge in [0.2, 0.25) is 9.84 Å². The summed E-state index contributed by atoms with van der Waals surface area (Å²) in [5, 5.41) is 14.0. The first-order valence-electron chi connectivity index (χ1n) is 9.36. The van der Waals surface area contributed by atoms with Crippen LogP contribution in [0.2, 0.25) is 5.02 Å². The first-order valence-corrected chi connectivity index (χ1v) is 11.2. The van der Waals surface area contributed by atoms with Gasteiger partial charge in [-0.3, -0.25) is 4.79 Å². The van der Waals surface area contributed by atoms with Gasteiger partial charge in [-0.1, -0.05) is 43.6 Å². The molecule has 0 radical (unpaired) electrons. The Morgan fingerprint density at radius 3 is 2.20 bits per heavy atom. The second kappa shape index (κ2) is 8.50. The van der Waals surface area contributed by atoms with Gasteiger partial charge in [0.15, 0.2) is 0 Å². The fraction of sp³-hybridized carbons (Fsp3) is 0.174. The molecule has 0 saturated heterocycles. The summed E-state index contributed by atoms with van der Waals surface area (Å²) in [5.41, 5.74) is 1.42. The lowest BCUT2D eigenvalue weighted by atomic mass is 9.98. The van der Waals surface area contributed by atoms with Crippen molar-refractivity contribution in [1.29, 1.82) is 0 Å². The van der Waals surface area contributed by atoms with Gasteiger partial charge < -0.3 is 10.4 Å². The lowest BCUT2D eigenvalue weighted by Gasteiger charge is -2.21. The highest BCUT2D eigenvalue weighted by Crippen LogP contribution is 2.42. The molecule has 3 rings (SSSR count). The maximum absolute atomic E-state index is 13.4. The molecule has 156 valence electrons. The van der Waals surface area contributed by atoms with Crippen molar-refractivity contribution >= 4 is 33.0 Å². The van der Waals surface area contributed by atoms with Gasteiger partial charge in [-0.25, -0.2) is 8.42 Å². The lowest BCUT2D eigenvalue weighted by Crippen LogP contribution is -2.16. The summed E-state index contributed by atoms with van der Waals surface area (Å²) in [5.74, 6) is -1.00. The molecule has 2 N–H and O–H groups in total. The molecule has 3 aromatic rings. The highest BCUT2D eigenvalue weighted by molar-refractivity contribution is 7.91. The van der Waals surface area contributed by atoms with Crippen LogP contribution in [0, 0.1) is 6.92 Å². The van der Waals surface area contributed by atoms with E-state index in [2.05, 4.69) is 5.32 Å². The SMILES string of the molecule is Cc1cc(NC(=O)c2ccc(Cl)cc2)c(C(C)C)c(S(=O)(=O)c2ccccc2)c1O. The fourth-order valence-corrected chi connectivity index (χ4v) is 5.18.